The van der Waals surface area contributed by atoms with Gasteiger partial charge in [0.05, 0.1) is 11.2 Å². The van der Waals surface area contributed by atoms with Crippen LogP contribution in [0.25, 0.3) is 16.9 Å². The minimum atomic E-state index is -5.08. The molecule has 0 amide bonds. The molecule has 0 bridgehead atoms. The summed E-state index contributed by atoms with van der Waals surface area (Å²) in [6, 6.07) is 8.17. The van der Waals surface area contributed by atoms with Crippen molar-refractivity contribution in [1.82, 2.24) is 25.2 Å². The van der Waals surface area contributed by atoms with Gasteiger partial charge in [0.1, 0.15) is 0 Å². The van der Waals surface area contributed by atoms with Crippen molar-refractivity contribution in [2.45, 2.75) is 38.3 Å². The average Bonchev–Trinajstić information content (AvgIpc) is 3.33. The maximum Gasteiger partial charge on any atom is 0.490 e. The fourth-order valence-corrected chi connectivity index (χ4v) is 3.09. The van der Waals surface area contributed by atoms with E-state index in [1.807, 2.05) is 18.2 Å². The van der Waals surface area contributed by atoms with Gasteiger partial charge in [0.15, 0.2) is 0 Å². The van der Waals surface area contributed by atoms with E-state index >= 15 is 0 Å². The van der Waals surface area contributed by atoms with Crippen LogP contribution in [-0.4, -0.2) is 50.3 Å². The number of aliphatic carboxylic acids is 1. The Kier molecular flexibility index (Phi) is 6.16. The summed E-state index contributed by atoms with van der Waals surface area (Å²) in [4.78, 5) is 13.5. The Morgan fingerprint density at radius 3 is 2.59 bits per heavy atom. The molecule has 4 rings (SSSR count). The van der Waals surface area contributed by atoms with Crippen LogP contribution in [0.4, 0.5) is 13.2 Å². The van der Waals surface area contributed by atoms with Gasteiger partial charge in [-0.2, -0.15) is 27.9 Å². The average molecular weight is 411 g/mol. The summed E-state index contributed by atoms with van der Waals surface area (Å²) in [5.74, 6) is -1.14. The number of carboxylic acid groups (broad SMARTS) is 1. The summed E-state index contributed by atoms with van der Waals surface area (Å²) in [6.07, 6.45) is -2.12. The molecule has 1 aromatic carbocycles. The summed E-state index contributed by atoms with van der Waals surface area (Å²) in [5.41, 5.74) is 2.08. The second kappa shape index (κ2) is 8.60. The second-order valence-electron chi connectivity index (χ2n) is 6.49. The third-order valence-electron chi connectivity index (χ3n) is 4.55. The van der Waals surface area contributed by atoms with Crippen LogP contribution in [0.5, 0.6) is 0 Å². The largest absolute Gasteiger partial charge is 0.490 e. The number of piperidine rings is 1. The van der Waals surface area contributed by atoms with Crippen LogP contribution in [0.2, 0.25) is 0 Å². The molecule has 0 unspecified atom stereocenters. The predicted octanol–water partition coefficient (Wildman–Crippen LogP) is 3.07. The molecule has 2 N–H and O–H groups in total. The maximum absolute atomic E-state index is 10.6. The number of carbonyl (C=O) groups is 1. The zero-order valence-corrected chi connectivity index (χ0v) is 15.6. The number of aryl methyl sites for hydroxylation is 1. The van der Waals surface area contributed by atoms with Crippen LogP contribution in [0.1, 0.15) is 37.3 Å². The van der Waals surface area contributed by atoms with Crippen LogP contribution >= 0.6 is 0 Å². The third-order valence-corrected chi connectivity index (χ3v) is 4.55. The van der Waals surface area contributed by atoms with Crippen molar-refractivity contribution in [2.75, 3.05) is 13.1 Å². The van der Waals surface area contributed by atoms with Gasteiger partial charge in [0, 0.05) is 11.3 Å². The van der Waals surface area contributed by atoms with E-state index in [0.717, 1.165) is 54.8 Å². The molecule has 3 heterocycles. The lowest BCUT2D eigenvalue weighted by Crippen LogP contribution is -2.26. The molecule has 0 saturated carbocycles. The first-order valence-corrected chi connectivity index (χ1v) is 9.12. The lowest BCUT2D eigenvalue weighted by molar-refractivity contribution is -0.192. The molecular weight excluding hydrogens is 391 g/mol. The molecule has 156 valence electrons. The van der Waals surface area contributed by atoms with Crippen molar-refractivity contribution in [2.24, 2.45) is 0 Å². The number of nitrogens with zero attached hydrogens (tertiary/aromatic N) is 4. The summed E-state index contributed by atoms with van der Waals surface area (Å²) in [6.45, 7) is 4.12. The Balaban J connectivity index is 0.000000298. The summed E-state index contributed by atoms with van der Waals surface area (Å²) in [5, 5.41) is 20.4. The number of hydrogen-bond acceptors (Lipinski definition) is 6. The molecule has 11 heteroatoms. The molecular formula is C18H20F3N5O3. The number of aromatic nitrogens is 4. The Hall–Kier alpha value is -2.95. The molecule has 0 spiro atoms. The number of nitrogens with one attached hydrogen (secondary N) is 1. The zero-order chi connectivity index (χ0) is 21.0. The van der Waals surface area contributed by atoms with Crippen LogP contribution in [0, 0.1) is 0 Å². The van der Waals surface area contributed by atoms with E-state index in [-0.39, 0.29) is 0 Å². The number of alkyl halides is 3. The molecule has 0 aliphatic carbocycles. The van der Waals surface area contributed by atoms with E-state index in [0.29, 0.717) is 11.9 Å². The van der Waals surface area contributed by atoms with E-state index in [2.05, 4.69) is 33.5 Å². The monoisotopic (exact) mass is 411 g/mol. The first-order valence-electron chi connectivity index (χ1n) is 9.12. The third kappa shape index (κ3) is 4.73. The van der Waals surface area contributed by atoms with Gasteiger partial charge in [-0.05, 0) is 43.6 Å². The first kappa shape index (κ1) is 20.8. The summed E-state index contributed by atoms with van der Waals surface area (Å²) < 4.78 is 39.0. The number of carboxylic acids is 1. The van der Waals surface area contributed by atoms with Crippen molar-refractivity contribution in [3.8, 4) is 5.95 Å². The lowest BCUT2D eigenvalue weighted by Gasteiger charge is -2.18. The standard InChI is InChI=1S/C16H19N5O.C2HF3O2/c1-2-13-12-5-3-4-6-14(12)21(19-13)16-18-15(22-20-16)11-7-9-17-10-8-11;3-2(4,5)1(6)7/h3-6,11,17H,2,7-10H2,1H3;(H,6,7). The fraction of sp³-hybridized carbons (Fsp3) is 0.444. The predicted molar refractivity (Wildman–Crippen MR) is 96.8 cm³/mol. The van der Waals surface area contributed by atoms with Crippen molar-refractivity contribution < 1.29 is 27.6 Å². The molecule has 1 aliphatic heterocycles. The Morgan fingerprint density at radius 2 is 1.97 bits per heavy atom. The lowest BCUT2D eigenvalue weighted by atomic mass is 9.98. The molecule has 1 saturated heterocycles. The highest BCUT2D eigenvalue weighted by molar-refractivity contribution is 5.83. The highest BCUT2D eigenvalue weighted by Crippen LogP contribution is 2.26. The molecule has 3 aromatic rings. The van der Waals surface area contributed by atoms with Gasteiger partial charge in [0.25, 0.3) is 5.95 Å². The number of benzene rings is 1. The number of fused-ring (bicyclic) bond motifs is 1. The van der Waals surface area contributed by atoms with Crippen molar-refractivity contribution >= 4 is 16.9 Å². The topological polar surface area (TPSA) is 106 Å². The SMILES string of the molecule is CCc1nn(-c2noc(C3CCNCC3)n2)c2ccccc12.O=C(O)C(F)(F)F. The zero-order valence-electron chi connectivity index (χ0n) is 15.6. The van der Waals surface area contributed by atoms with Crippen molar-refractivity contribution in [3.63, 3.8) is 0 Å². The van der Waals surface area contributed by atoms with Crippen LogP contribution in [-0.2, 0) is 11.2 Å². The van der Waals surface area contributed by atoms with E-state index in [1.165, 1.54) is 0 Å². The normalized spacial score (nSPS) is 15.2. The fourth-order valence-electron chi connectivity index (χ4n) is 3.09. The van der Waals surface area contributed by atoms with Crippen LogP contribution in [0.15, 0.2) is 28.8 Å². The molecule has 0 radical (unpaired) electrons. The quantitative estimate of drug-likeness (QED) is 0.682. The van der Waals surface area contributed by atoms with E-state index in [1.54, 1.807) is 4.68 Å². The van der Waals surface area contributed by atoms with Gasteiger partial charge < -0.3 is 14.9 Å². The summed E-state index contributed by atoms with van der Waals surface area (Å²) >= 11 is 0. The van der Waals surface area contributed by atoms with Crippen LogP contribution in [0.3, 0.4) is 0 Å². The minimum absolute atomic E-state index is 0.356. The number of rotatable bonds is 3. The van der Waals surface area contributed by atoms with E-state index in [4.69, 9.17) is 14.4 Å². The van der Waals surface area contributed by atoms with Gasteiger partial charge in [-0.25, -0.2) is 4.79 Å². The molecule has 0 atom stereocenters. The van der Waals surface area contributed by atoms with Gasteiger partial charge in [-0.3, -0.25) is 0 Å². The van der Waals surface area contributed by atoms with Crippen molar-refractivity contribution in [3.05, 3.63) is 35.9 Å². The molecule has 1 aliphatic rings. The minimum Gasteiger partial charge on any atom is -0.475 e. The van der Waals surface area contributed by atoms with Gasteiger partial charge in [-0.1, -0.05) is 25.1 Å². The van der Waals surface area contributed by atoms with E-state index in [9.17, 15) is 13.2 Å². The Labute approximate surface area is 163 Å². The smallest absolute Gasteiger partial charge is 0.475 e. The molecule has 29 heavy (non-hydrogen) atoms. The highest BCUT2D eigenvalue weighted by Gasteiger charge is 2.38. The van der Waals surface area contributed by atoms with Crippen LogP contribution < -0.4 is 5.32 Å². The first-order chi connectivity index (χ1) is 13.8. The summed E-state index contributed by atoms with van der Waals surface area (Å²) in [7, 11) is 0. The number of hydrogen-bond donors (Lipinski definition) is 2. The van der Waals surface area contributed by atoms with E-state index < -0.39 is 12.1 Å². The van der Waals surface area contributed by atoms with Gasteiger partial charge in [0.2, 0.25) is 5.89 Å². The van der Waals surface area contributed by atoms with Gasteiger partial charge in [-0.15, -0.1) is 0 Å². The number of halogens is 3. The Morgan fingerprint density at radius 1 is 1.31 bits per heavy atom. The highest BCUT2D eigenvalue weighted by atomic mass is 19.4. The maximum atomic E-state index is 10.6. The molecule has 1 fully saturated rings. The van der Waals surface area contributed by atoms with Gasteiger partial charge >= 0.3 is 12.1 Å². The second-order valence-corrected chi connectivity index (χ2v) is 6.49. The molecule has 8 nitrogen and oxygen atoms in total. The number of para-hydroxylation sites is 1. The molecule has 2 aromatic heterocycles. The Bertz CT molecular complexity index is 977. The van der Waals surface area contributed by atoms with Crippen molar-refractivity contribution in [1.29, 1.82) is 0 Å².